The summed E-state index contributed by atoms with van der Waals surface area (Å²) in [6.07, 6.45) is 1.26. The minimum absolute atomic E-state index is 0.0795. The number of carbonyl (C=O) groups excluding carboxylic acids is 1. The zero-order chi connectivity index (χ0) is 13.0. The van der Waals surface area contributed by atoms with Crippen LogP contribution in [-0.4, -0.2) is 40.5 Å². The van der Waals surface area contributed by atoms with Gasteiger partial charge in [-0.05, 0) is 19.1 Å². The van der Waals surface area contributed by atoms with Crippen LogP contribution in [0.2, 0.25) is 0 Å². The molecule has 0 aliphatic rings. The van der Waals surface area contributed by atoms with E-state index in [2.05, 4.69) is 11.6 Å². The van der Waals surface area contributed by atoms with E-state index < -0.39 is 5.97 Å². The molecule has 0 spiro atoms. The van der Waals surface area contributed by atoms with E-state index in [-0.39, 0.29) is 11.6 Å². The number of hydrogen-bond acceptors (Lipinski definition) is 3. The van der Waals surface area contributed by atoms with Gasteiger partial charge >= 0.3 is 5.97 Å². The van der Waals surface area contributed by atoms with Gasteiger partial charge in [0.25, 0.3) is 5.91 Å². The fourth-order valence-corrected chi connectivity index (χ4v) is 1.34. The number of pyridine rings is 1. The molecule has 0 fully saturated rings. The lowest BCUT2D eigenvalue weighted by molar-refractivity contribution is 0.0688. The summed E-state index contributed by atoms with van der Waals surface area (Å²) in [7, 11) is 1.65. The lowest BCUT2D eigenvalue weighted by Gasteiger charge is -2.16. The molecule has 1 aromatic rings. The van der Waals surface area contributed by atoms with Crippen molar-refractivity contribution in [3.63, 3.8) is 0 Å². The molecule has 0 aliphatic carbocycles. The first-order valence-electron chi connectivity index (χ1n) is 5.01. The lowest BCUT2D eigenvalue weighted by atomic mass is 10.2. The highest BCUT2D eigenvalue weighted by Crippen LogP contribution is 2.05. The second-order valence-corrected chi connectivity index (χ2v) is 3.86. The summed E-state index contributed by atoms with van der Waals surface area (Å²) in [5.74, 6) is -1.32. The highest BCUT2D eigenvalue weighted by molar-refractivity contribution is 5.94. The fourth-order valence-electron chi connectivity index (χ4n) is 1.34. The molecule has 5 heteroatoms. The molecular formula is C12H14N2O3. The summed E-state index contributed by atoms with van der Waals surface area (Å²) in [5, 5.41) is 8.67. The molecule has 0 bridgehead atoms. The second-order valence-electron chi connectivity index (χ2n) is 3.86. The first-order chi connectivity index (χ1) is 7.91. The summed E-state index contributed by atoms with van der Waals surface area (Å²) >= 11 is 0. The van der Waals surface area contributed by atoms with Crippen molar-refractivity contribution in [2.45, 2.75) is 6.92 Å². The van der Waals surface area contributed by atoms with Crippen molar-refractivity contribution in [1.82, 2.24) is 9.88 Å². The van der Waals surface area contributed by atoms with Gasteiger partial charge in [-0.1, -0.05) is 12.2 Å². The fraction of sp³-hybridized carbons (Fsp3) is 0.250. The third-order valence-corrected chi connectivity index (χ3v) is 2.08. The van der Waals surface area contributed by atoms with Gasteiger partial charge in [0.05, 0.1) is 5.56 Å². The van der Waals surface area contributed by atoms with Gasteiger partial charge < -0.3 is 10.0 Å². The Hall–Kier alpha value is -2.17. The predicted octanol–water partition coefficient (Wildman–Crippen LogP) is 1.43. The zero-order valence-electron chi connectivity index (χ0n) is 9.80. The molecule has 0 aromatic carbocycles. The normalized spacial score (nSPS) is 9.76. The van der Waals surface area contributed by atoms with E-state index in [9.17, 15) is 9.59 Å². The largest absolute Gasteiger partial charge is 0.477 e. The SMILES string of the molecule is C=C(C)CN(C)C(=O)c1ccc(C(=O)O)nc1. The number of aromatic nitrogens is 1. The van der Waals surface area contributed by atoms with Crippen molar-refractivity contribution in [1.29, 1.82) is 0 Å². The van der Waals surface area contributed by atoms with Crippen LogP contribution in [0.4, 0.5) is 0 Å². The summed E-state index contributed by atoms with van der Waals surface area (Å²) in [4.78, 5) is 27.6. The third kappa shape index (κ3) is 3.41. The van der Waals surface area contributed by atoms with E-state index in [0.717, 1.165) is 5.57 Å². The maximum absolute atomic E-state index is 11.9. The summed E-state index contributed by atoms with van der Waals surface area (Å²) < 4.78 is 0. The van der Waals surface area contributed by atoms with Gasteiger partial charge in [-0.25, -0.2) is 9.78 Å². The molecule has 0 saturated heterocycles. The number of nitrogens with zero attached hydrogens (tertiary/aromatic N) is 2. The summed E-state index contributed by atoms with van der Waals surface area (Å²) in [5.41, 5.74) is 1.15. The highest BCUT2D eigenvalue weighted by atomic mass is 16.4. The molecule has 0 saturated carbocycles. The maximum atomic E-state index is 11.9. The van der Waals surface area contributed by atoms with Gasteiger partial charge in [0.15, 0.2) is 0 Å². The Kier molecular flexibility index (Phi) is 3.98. The monoisotopic (exact) mass is 234 g/mol. The van der Waals surface area contributed by atoms with Crippen LogP contribution in [0, 0.1) is 0 Å². The molecule has 1 N–H and O–H groups in total. The Morgan fingerprint density at radius 1 is 1.47 bits per heavy atom. The number of likely N-dealkylation sites (N-methyl/N-ethyl adjacent to an activating group) is 1. The topological polar surface area (TPSA) is 70.5 Å². The Labute approximate surface area is 99.4 Å². The van der Waals surface area contributed by atoms with Crippen molar-refractivity contribution < 1.29 is 14.7 Å². The van der Waals surface area contributed by atoms with Gasteiger partial charge in [-0.2, -0.15) is 0 Å². The number of amides is 1. The molecule has 1 aromatic heterocycles. The minimum atomic E-state index is -1.11. The quantitative estimate of drug-likeness (QED) is 0.800. The molecule has 5 nitrogen and oxygen atoms in total. The van der Waals surface area contributed by atoms with Crippen LogP contribution in [0.25, 0.3) is 0 Å². The van der Waals surface area contributed by atoms with E-state index in [4.69, 9.17) is 5.11 Å². The van der Waals surface area contributed by atoms with Gasteiger partial charge in [-0.3, -0.25) is 4.79 Å². The first kappa shape index (κ1) is 12.9. The van der Waals surface area contributed by atoms with E-state index >= 15 is 0 Å². The van der Waals surface area contributed by atoms with E-state index in [0.29, 0.717) is 12.1 Å². The molecule has 0 atom stereocenters. The third-order valence-electron chi connectivity index (χ3n) is 2.08. The van der Waals surface area contributed by atoms with Crippen LogP contribution >= 0.6 is 0 Å². The standard InChI is InChI=1S/C12H14N2O3/c1-8(2)7-14(3)11(15)9-4-5-10(12(16)17)13-6-9/h4-6H,1,7H2,2-3H3,(H,16,17). The van der Waals surface area contributed by atoms with Crippen LogP contribution in [0.3, 0.4) is 0 Å². The predicted molar refractivity (Wildman–Crippen MR) is 63.0 cm³/mol. The average molecular weight is 234 g/mol. The van der Waals surface area contributed by atoms with Gasteiger partial charge in [0.2, 0.25) is 0 Å². The van der Waals surface area contributed by atoms with Crippen LogP contribution in [0.5, 0.6) is 0 Å². The van der Waals surface area contributed by atoms with Crippen LogP contribution in [0.1, 0.15) is 27.8 Å². The van der Waals surface area contributed by atoms with Gasteiger partial charge in [0, 0.05) is 19.8 Å². The number of carboxylic acid groups (broad SMARTS) is 1. The van der Waals surface area contributed by atoms with Crippen LogP contribution in [0.15, 0.2) is 30.5 Å². The van der Waals surface area contributed by atoms with E-state index in [1.165, 1.54) is 23.2 Å². The lowest BCUT2D eigenvalue weighted by Crippen LogP contribution is -2.28. The average Bonchev–Trinajstić information content (AvgIpc) is 2.27. The van der Waals surface area contributed by atoms with Crippen LogP contribution < -0.4 is 0 Å². The van der Waals surface area contributed by atoms with Crippen molar-refractivity contribution in [3.8, 4) is 0 Å². The number of hydrogen-bond donors (Lipinski definition) is 1. The molecule has 1 heterocycles. The van der Waals surface area contributed by atoms with Crippen molar-refractivity contribution in [2.75, 3.05) is 13.6 Å². The number of aromatic carboxylic acids is 1. The molecule has 90 valence electrons. The number of carbonyl (C=O) groups is 2. The Bertz CT molecular complexity index is 451. The summed E-state index contributed by atoms with van der Waals surface area (Å²) in [6.45, 7) is 6.01. The van der Waals surface area contributed by atoms with Crippen molar-refractivity contribution >= 4 is 11.9 Å². The summed E-state index contributed by atoms with van der Waals surface area (Å²) in [6, 6.07) is 2.76. The second kappa shape index (κ2) is 5.25. The number of carboxylic acids is 1. The van der Waals surface area contributed by atoms with Crippen LogP contribution in [-0.2, 0) is 0 Å². The van der Waals surface area contributed by atoms with Gasteiger partial charge in [0.1, 0.15) is 5.69 Å². The number of rotatable bonds is 4. The van der Waals surface area contributed by atoms with E-state index in [1.54, 1.807) is 7.05 Å². The smallest absolute Gasteiger partial charge is 0.354 e. The van der Waals surface area contributed by atoms with Crippen molar-refractivity contribution in [2.24, 2.45) is 0 Å². The Balaban J connectivity index is 2.82. The molecule has 0 aliphatic heterocycles. The maximum Gasteiger partial charge on any atom is 0.354 e. The Morgan fingerprint density at radius 2 is 2.12 bits per heavy atom. The first-order valence-corrected chi connectivity index (χ1v) is 5.01. The molecule has 1 amide bonds. The molecule has 0 radical (unpaired) electrons. The zero-order valence-corrected chi connectivity index (χ0v) is 9.80. The van der Waals surface area contributed by atoms with Gasteiger partial charge in [-0.15, -0.1) is 0 Å². The highest BCUT2D eigenvalue weighted by Gasteiger charge is 2.13. The minimum Gasteiger partial charge on any atom is -0.477 e. The Morgan fingerprint density at radius 3 is 2.53 bits per heavy atom. The molecule has 0 unspecified atom stereocenters. The molecular weight excluding hydrogens is 220 g/mol. The van der Waals surface area contributed by atoms with Crippen molar-refractivity contribution in [3.05, 3.63) is 41.7 Å². The molecule has 1 rings (SSSR count). The molecule has 17 heavy (non-hydrogen) atoms. The van der Waals surface area contributed by atoms with E-state index in [1.807, 2.05) is 6.92 Å².